The molecule has 1 aliphatic carbocycles. The van der Waals surface area contributed by atoms with Gasteiger partial charge in [0, 0.05) is 61.4 Å². The van der Waals surface area contributed by atoms with E-state index < -0.39 is 0 Å². The van der Waals surface area contributed by atoms with Crippen LogP contribution in [0.1, 0.15) is 54.1 Å². The highest BCUT2D eigenvalue weighted by Crippen LogP contribution is 2.48. The fraction of sp³-hybridized carbons (Fsp3) is 0.0952. The van der Waals surface area contributed by atoms with E-state index in [1.807, 2.05) is 36.4 Å². The van der Waals surface area contributed by atoms with E-state index in [2.05, 4.69) is 113 Å². The zero-order valence-corrected chi connectivity index (χ0v) is 30.3. The van der Waals surface area contributed by atoms with Gasteiger partial charge in [-0.05, 0) is 100 Å². The van der Waals surface area contributed by atoms with E-state index in [9.17, 15) is 0 Å². The maximum atomic E-state index is 15.1. The third-order valence-corrected chi connectivity index (χ3v) is 12.3. The van der Waals surface area contributed by atoms with Crippen molar-refractivity contribution in [2.75, 3.05) is 0 Å². The Morgan fingerprint density at radius 1 is 0.333 bits per heavy atom. The lowest BCUT2D eigenvalue weighted by molar-refractivity contribution is 0.0970. The zero-order valence-electron chi connectivity index (χ0n) is 27.0. The average Bonchev–Trinajstić information content (AvgIpc) is 3.07. The van der Waals surface area contributed by atoms with Crippen LogP contribution < -0.4 is 0 Å². The van der Waals surface area contributed by atoms with Gasteiger partial charge >= 0.3 is 0 Å². The molecule has 48 heavy (non-hydrogen) atoms. The average molecular weight is 697 g/mol. The van der Waals surface area contributed by atoms with Crippen LogP contribution in [0.25, 0.3) is 0 Å². The monoisotopic (exact) mass is 696 g/mol. The van der Waals surface area contributed by atoms with E-state index >= 15 is 9.59 Å². The van der Waals surface area contributed by atoms with Crippen LogP contribution in [0.5, 0.6) is 0 Å². The van der Waals surface area contributed by atoms with Crippen LogP contribution in [0.15, 0.2) is 160 Å². The first-order valence-electron chi connectivity index (χ1n) is 15.6. The smallest absolute Gasteiger partial charge is 0.196 e. The van der Waals surface area contributed by atoms with Crippen LogP contribution in [-0.2, 0) is 0 Å². The molecule has 6 aromatic rings. The Morgan fingerprint density at radius 2 is 0.646 bits per heavy atom. The molecule has 6 heteroatoms. The molecule has 7 rings (SSSR count). The van der Waals surface area contributed by atoms with E-state index in [0.29, 0.717) is 22.3 Å². The third kappa shape index (κ3) is 6.81. The van der Waals surface area contributed by atoms with Crippen molar-refractivity contribution in [2.45, 2.75) is 66.9 Å². The summed E-state index contributed by atoms with van der Waals surface area (Å²) < 4.78 is 0. The summed E-state index contributed by atoms with van der Waals surface area (Å²) >= 11 is 6.15. The molecule has 0 aromatic heterocycles. The summed E-state index contributed by atoms with van der Waals surface area (Å²) in [6.07, 6.45) is 0. The Hall–Kier alpha value is -3.94. The molecule has 0 aliphatic heterocycles. The van der Waals surface area contributed by atoms with E-state index in [-0.39, 0.29) is 11.6 Å². The highest BCUT2D eigenvalue weighted by molar-refractivity contribution is 8.00. The minimum Gasteiger partial charge on any atom is -0.288 e. The van der Waals surface area contributed by atoms with Crippen LogP contribution in [0.2, 0.25) is 0 Å². The number of rotatable bonds is 8. The molecule has 2 nitrogen and oxygen atoms in total. The number of carbonyl (C=O) groups excluding carboxylic acids is 2. The van der Waals surface area contributed by atoms with Crippen molar-refractivity contribution in [3.8, 4) is 0 Å². The molecule has 236 valence electrons. The highest BCUT2D eigenvalue weighted by atomic mass is 32.2. The second-order valence-corrected chi connectivity index (χ2v) is 16.4. The Bertz CT molecular complexity index is 2050. The molecule has 0 unspecified atom stereocenters. The first-order valence-corrected chi connectivity index (χ1v) is 18.9. The fourth-order valence-corrected chi connectivity index (χ4v) is 9.77. The van der Waals surface area contributed by atoms with Crippen molar-refractivity contribution >= 4 is 58.6 Å². The minimum absolute atomic E-state index is 0.109. The summed E-state index contributed by atoms with van der Waals surface area (Å²) in [5.41, 5.74) is 6.56. The second-order valence-electron chi connectivity index (χ2n) is 11.9. The summed E-state index contributed by atoms with van der Waals surface area (Å²) in [7, 11) is 0. The summed E-state index contributed by atoms with van der Waals surface area (Å²) in [6, 6.07) is 41.1. The Labute approximate surface area is 299 Å². The predicted octanol–water partition coefficient (Wildman–Crippen LogP) is 12.3. The molecule has 0 atom stereocenters. The SMILES string of the molecule is Cc1ccc(Sc2ccc(Sc3cccc(C)c3)c3c2C(=O)c2c(Sc4ccc(C)cc4)ccc(Sc4cccc(C)c4)c2C3=O)cc1. The van der Waals surface area contributed by atoms with Gasteiger partial charge < -0.3 is 0 Å². The summed E-state index contributed by atoms with van der Waals surface area (Å²) in [4.78, 5) is 37.5. The van der Waals surface area contributed by atoms with Crippen molar-refractivity contribution in [1.29, 1.82) is 0 Å². The Balaban J connectivity index is 1.43. The predicted molar refractivity (Wildman–Crippen MR) is 201 cm³/mol. The third-order valence-electron chi connectivity index (χ3n) is 8.10. The van der Waals surface area contributed by atoms with Crippen molar-refractivity contribution < 1.29 is 9.59 Å². The molecule has 0 N–H and O–H groups in total. The van der Waals surface area contributed by atoms with Gasteiger partial charge in [0.15, 0.2) is 11.6 Å². The van der Waals surface area contributed by atoms with Gasteiger partial charge in [0.25, 0.3) is 0 Å². The molecule has 0 heterocycles. The molecule has 0 fully saturated rings. The first kappa shape index (κ1) is 32.6. The van der Waals surface area contributed by atoms with Gasteiger partial charge in [0.05, 0.1) is 0 Å². The van der Waals surface area contributed by atoms with Gasteiger partial charge in [-0.15, -0.1) is 0 Å². The van der Waals surface area contributed by atoms with Gasteiger partial charge in [-0.3, -0.25) is 9.59 Å². The summed E-state index contributed by atoms with van der Waals surface area (Å²) in [5, 5.41) is 0. The molecule has 0 saturated carbocycles. The Kier molecular flexibility index (Phi) is 9.43. The summed E-state index contributed by atoms with van der Waals surface area (Å²) in [6.45, 7) is 8.25. The Morgan fingerprint density at radius 3 is 0.958 bits per heavy atom. The second kappa shape index (κ2) is 13.9. The molecule has 0 saturated heterocycles. The molecule has 0 radical (unpaired) electrons. The van der Waals surface area contributed by atoms with E-state index in [4.69, 9.17) is 0 Å². The number of hydrogen-bond donors (Lipinski definition) is 0. The molecule has 6 aromatic carbocycles. The molecule has 1 aliphatic rings. The molecule has 0 amide bonds. The zero-order chi connectivity index (χ0) is 33.4. The van der Waals surface area contributed by atoms with Crippen molar-refractivity contribution in [1.82, 2.24) is 0 Å². The van der Waals surface area contributed by atoms with Crippen molar-refractivity contribution in [3.63, 3.8) is 0 Å². The van der Waals surface area contributed by atoms with Crippen LogP contribution >= 0.6 is 47.0 Å². The lowest BCUT2D eigenvalue weighted by atomic mass is 9.84. The van der Waals surface area contributed by atoms with Gasteiger partial charge in [0.1, 0.15) is 0 Å². The van der Waals surface area contributed by atoms with Crippen molar-refractivity contribution in [2.24, 2.45) is 0 Å². The summed E-state index contributed by atoms with van der Waals surface area (Å²) in [5.74, 6) is -0.218. The van der Waals surface area contributed by atoms with Gasteiger partial charge in [-0.1, -0.05) is 118 Å². The highest BCUT2D eigenvalue weighted by Gasteiger charge is 2.38. The lowest BCUT2D eigenvalue weighted by Gasteiger charge is -2.26. The van der Waals surface area contributed by atoms with Gasteiger partial charge in [-0.2, -0.15) is 0 Å². The first-order chi connectivity index (χ1) is 23.2. The van der Waals surface area contributed by atoms with E-state index in [1.165, 1.54) is 58.2 Å². The fourth-order valence-electron chi connectivity index (χ4n) is 5.70. The molecule has 0 spiro atoms. The van der Waals surface area contributed by atoms with Crippen LogP contribution in [0.4, 0.5) is 0 Å². The maximum absolute atomic E-state index is 15.1. The standard InChI is InChI=1S/C42H32O2S4/c1-25-11-15-29(16-12-25)45-33-19-21-35(47-31-9-5-7-27(3)23-31)39-37(33)41(43)38-34(46-30-17-13-26(2)14-18-30)20-22-36(40(38)42(39)44)48-32-10-6-8-28(4)24-32/h5-24H,1-4H3. The van der Waals surface area contributed by atoms with Crippen LogP contribution in [0, 0.1) is 27.7 Å². The molecule has 0 bridgehead atoms. The van der Waals surface area contributed by atoms with Crippen molar-refractivity contribution in [3.05, 3.63) is 166 Å². The normalized spacial score (nSPS) is 12.2. The number of ketones is 2. The lowest BCUT2D eigenvalue weighted by Crippen LogP contribution is -2.24. The number of carbonyl (C=O) groups is 2. The quantitative estimate of drug-likeness (QED) is 0.157. The van der Waals surface area contributed by atoms with Crippen LogP contribution in [-0.4, -0.2) is 11.6 Å². The number of hydrogen-bond acceptors (Lipinski definition) is 6. The van der Waals surface area contributed by atoms with Crippen LogP contribution in [0.3, 0.4) is 0 Å². The topological polar surface area (TPSA) is 34.1 Å². The molecular weight excluding hydrogens is 665 g/mol. The molecular formula is C42H32O2S4. The van der Waals surface area contributed by atoms with E-state index in [1.54, 1.807) is 0 Å². The maximum Gasteiger partial charge on any atom is 0.196 e. The van der Waals surface area contributed by atoms with Gasteiger partial charge in [0.2, 0.25) is 0 Å². The van der Waals surface area contributed by atoms with Gasteiger partial charge in [-0.25, -0.2) is 0 Å². The largest absolute Gasteiger partial charge is 0.288 e. The number of aryl methyl sites for hydroxylation is 4. The number of benzene rings is 6. The van der Waals surface area contributed by atoms with E-state index in [0.717, 1.165) is 50.3 Å². The minimum atomic E-state index is -0.109. The number of fused-ring (bicyclic) bond motifs is 2.